The van der Waals surface area contributed by atoms with Gasteiger partial charge in [-0.25, -0.2) is 4.90 Å². The van der Waals surface area contributed by atoms with Crippen molar-refractivity contribution in [3.8, 4) is 5.75 Å². The Bertz CT molecular complexity index is 881. The van der Waals surface area contributed by atoms with E-state index >= 15 is 0 Å². The fourth-order valence-electron chi connectivity index (χ4n) is 3.06. The maximum Gasteiger partial charge on any atom is 0.247 e. The molecule has 0 aliphatic carbocycles. The summed E-state index contributed by atoms with van der Waals surface area (Å²) < 4.78 is 5.37. The van der Waals surface area contributed by atoms with Crippen LogP contribution >= 0.6 is 11.8 Å². The number of hydrogen-bond donors (Lipinski definition) is 1. The van der Waals surface area contributed by atoms with Crippen LogP contribution in [0.5, 0.6) is 5.75 Å². The first-order chi connectivity index (χ1) is 14.0. The monoisotopic (exact) mass is 412 g/mol. The van der Waals surface area contributed by atoms with Crippen molar-refractivity contribution in [2.24, 2.45) is 0 Å². The number of imide groups is 1. The van der Waals surface area contributed by atoms with Crippen molar-refractivity contribution in [2.45, 2.75) is 31.9 Å². The molecular formula is C22H24N2O4S. The summed E-state index contributed by atoms with van der Waals surface area (Å²) in [7, 11) is 0. The Labute approximate surface area is 174 Å². The lowest BCUT2D eigenvalue weighted by molar-refractivity contribution is -0.121. The average molecular weight is 413 g/mol. The van der Waals surface area contributed by atoms with Crippen molar-refractivity contribution >= 4 is 40.9 Å². The van der Waals surface area contributed by atoms with Crippen molar-refractivity contribution < 1.29 is 19.1 Å². The number of amides is 3. The van der Waals surface area contributed by atoms with Gasteiger partial charge in [-0.15, -0.1) is 11.8 Å². The van der Waals surface area contributed by atoms with Crippen LogP contribution in [0.1, 0.15) is 25.8 Å². The van der Waals surface area contributed by atoms with Gasteiger partial charge in [0.2, 0.25) is 17.7 Å². The fraction of sp³-hybridized carbons (Fsp3) is 0.318. The molecule has 1 heterocycles. The van der Waals surface area contributed by atoms with E-state index in [2.05, 4.69) is 5.32 Å². The molecule has 29 heavy (non-hydrogen) atoms. The van der Waals surface area contributed by atoms with Gasteiger partial charge in [0.25, 0.3) is 0 Å². The highest BCUT2D eigenvalue weighted by atomic mass is 32.2. The van der Waals surface area contributed by atoms with Crippen LogP contribution in [0.15, 0.2) is 48.5 Å². The van der Waals surface area contributed by atoms with Gasteiger partial charge >= 0.3 is 0 Å². The Balaban J connectivity index is 1.54. The topological polar surface area (TPSA) is 75.7 Å². The minimum atomic E-state index is -0.542. The fourth-order valence-corrected chi connectivity index (χ4v) is 3.99. The predicted octanol–water partition coefficient (Wildman–Crippen LogP) is 3.65. The quantitative estimate of drug-likeness (QED) is 0.670. The molecule has 0 radical (unpaired) electrons. The summed E-state index contributed by atoms with van der Waals surface area (Å²) in [6.45, 7) is 4.53. The molecule has 0 saturated carbocycles. The van der Waals surface area contributed by atoms with Crippen molar-refractivity contribution in [1.29, 1.82) is 0 Å². The van der Waals surface area contributed by atoms with E-state index in [0.717, 1.165) is 17.7 Å². The maximum atomic E-state index is 12.7. The zero-order valence-electron chi connectivity index (χ0n) is 16.5. The summed E-state index contributed by atoms with van der Waals surface area (Å²) in [5.74, 6) is 0.119. The lowest BCUT2D eigenvalue weighted by Crippen LogP contribution is -2.31. The van der Waals surface area contributed by atoms with Gasteiger partial charge in [0.05, 0.1) is 23.3 Å². The summed E-state index contributed by atoms with van der Waals surface area (Å²) in [5.41, 5.74) is 2.38. The number of carbonyl (C=O) groups is 3. The second kappa shape index (κ2) is 9.60. The number of hydrogen-bond acceptors (Lipinski definition) is 5. The molecule has 1 saturated heterocycles. The van der Waals surface area contributed by atoms with Crippen molar-refractivity contribution in [3.63, 3.8) is 0 Å². The molecule has 1 atom stereocenters. The molecule has 1 fully saturated rings. The van der Waals surface area contributed by atoms with Gasteiger partial charge in [0, 0.05) is 12.1 Å². The number of anilines is 2. The van der Waals surface area contributed by atoms with Crippen LogP contribution in [0.2, 0.25) is 0 Å². The molecule has 0 aromatic heterocycles. The van der Waals surface area contributed by atoms with E-state index < -0.39 is 5.25 Å². The third-order valence-electron chi connectivity index (χ3n) is 4.57. The summed E-state index contributed by atoms with van der Waals surface area (Å²) >= 11 is 1.19. The molecule has 3 rings (SSSR count). The molecular weight excluding hydrogens is 388 g/mol. The average Bonchev–Trinajstić information content (AvgIpc) is 3.01. The largest absolute Gasteiger partial charge is 0.494 e. The van der Waals surface area contributed by atoms with Gasteiger partial charge in [-0.1, -0.05) is 19.1 Å². The zero-order chi connectivity index (χ0) is 20.8. The van der Waals surface area contributed by atoms with E-state index in [1.807, 2.05) is 26.0 Å². The Morgan fingerprint density at radius 1 is 1.10 bits per heavy atom. The molecule has 2 aromatic carbocycles. The molecule has 152 valence electrons. The molecule has 0 bridgehead atoms. The lowest BCUT2D eigenvalue weighted by Gasteiger charge is -2.15. The van der Waals surface area contributed by atoms with Crippen LogP contribution in [0, 0.1) is 0 Å². The predicted molar refractivity (Wildman–Crippen MR) is 115 cm³/mol. The Morgan fingerprint density at radius 2 is 1.79 bits per heavy atom. The number of nitrogens with zero attached hydrogens (tertiary/aromatic N) is 1. The molecule has 7 heteroatoms. The Morgan fingerprint density at radius 3 is 2.41 bits per heavy atom. The van der Waals surface area contributed by atoms with Crippen LogP contribution in [-0.2, 0) is 20.8 Å². The van der Waals surface area contributed by atoms with E-state index in [0.29, 0.717) is 18.0 Å². The Kier molecular flexibility index (Phi) is 6.93. The van der Waals surface area contributed by atoms with Gasteiger partial charge in [-0.3, -0.25) is 14.4 Å². The zero-order valence-corrected chi connectivity index (χ0v) is 17.3. The van der Waals surface area contributed by atoms with Crippen molar-refractivity contribution in [2.75, 3.05) is 22.6 Å². The minimum Gasteiger partial charge on any atom is -0.494 e. The summed E-state index contributed by atoms with van der Waals surface area (Å²) in [6, 6.07) is 14.5. The first kappa shape index (κ1) is 20.9. The van der Waals surface area contributed by atoms with E-state index in [1.54, 1.807) is 36.4 Å². The third-order valence-corrected chi connectivity index (χ3v) is 5.77. The van der Waals surface area contributed by atoms with Crippen LogP contribution in [0.4, 0.5) is 11.4 Å². The molecule has 1 aliphatic rings. The standard InChI is InChI=1S/C22H24N2O4S/c1-3-15-5-9-17(10-6-15)24-21(26)13-19(22(24)27)29-14-20(25)23-16-7-11-18(12-8-16)28-4-2/h5-12,19H,3-4,13-14H2,1-2H3,(H,23,25)/t19-/m0/s1. The first-order valence-electron chi connectivity index (χ1n) is 9.61. The molecule has 0 spiro atoms. The molecule has 0 unspecified atom stereocenters. The number of benzene rings is 2. The van der Waals surface area contributed by atoms with Crippen LogP contribution in [-0.4, -0.2) is 35.3 Å². The second-order valence-electron chi connectivity index (χ2n) is 6.60. The number of nitrogens with one attached hydrogen (secondary N) is 1. The van der Waals surface area contributed by atoms with E-state index in [1.165, 1.54) is 16.7 Å². The molecule has 1 aliphatic heterocycles. The number of ether oxygens (including phenoxy) is 1. The lowest BCUT2D eigenvalue weighted by atomic mass is 10.1. The third kappa shape index (κ3) is 5.17. The molecule has 1 N–H and O–H groups in total. The minimum absolute atomic E-state index is 0.0967. The highest BCUT2D eigenvalue weighted by Crippen LogP contribution is 2.30. The normalized spacial score (nSPS) is 16.2. The summed E-state index contributed by atoms with van der Waals surface area (Å²) in [5, 5.41) is 2.25. The number of thioether (sulfide) groups is 1. The SMILES string of the molecule is CCOc1ccc(NC(=O)CS[C@H]2CC(=O)N(c3ccc(CC)cc3)C2=O)cc1. The first-order valence-corrected chi connectivity index (χ1v) is 10.7. The highest BCUT2D eigenvalue weighted by molar-refractivity contribution is 8.01. The summed E-state index contributed by atoms with van der Waals surface area (Å²) in [6.07, 6.45) is 0.999. The second-order valence-corrected chi connectivity index (χ2v) is 7.79. The van der Waals surface area contributed by atoms with Crippen LogP contribution in [0.25, 0.3) is 0 Å². The Hall–Kier alpha value is -2.80. The van der Waals surface area contributed by atoms with Crippen LogP contribution < -0.4 is 15.0 Å². The van der Waals surface area contributed by atoms with E-state index in [4.69, 9.17) is 4.74 Å². The smallest absolute Gasteiger partial charge is 0.247 e. The van der Waals surface area contributed by atoms with E-state index in [-0.39, 0.29) is 29.9 Å². The van der Waals surface area contributed by atoms with Gasteiger partial charge < -0.3 is 10.1 Å². The molecule has 2 aromatic rings. The maximum absolute atomic E-state index is 12.7. The van der Waals surface area contributed by atoms with Crippen LogP contribution in [0.3, 0.4) is 0 Å². The number of rotatable bonds is 8. The number of carbonyl (C=O) groups excluding carboxylic acids is 3. The summed E-state index contributed by atoms with van der Waals surface area (Å²) in [4.78, 5) is 38.5. The van der Waals surface area contributed by atoms with Crippen molar-refractivity contribution in [3.05, 3.63) is 54.1 Å². The van der Waals surface area contributed by atoms with Gasteiger partial charge in [-0.05, 0) is 55.3 Å². The van der Waals surface area contributed by atoms with Gasteiger partial charge in [0.15, 0.2) is 0 Å². The molecule has 6 nitrogen and oxygen atoms in total. The highest BCUT2D eigenvalue weighted by Gasteiger charge is 2.40. The van der Waals surface area contributed by atoms with Gasteiger partial charge in [0.1, 0.15) is 5.75 Å². The van der Waals surface area contributed by atoms with Gasteiger partial charge in [-0.2, -0.15) is 0 Å². The van der Waals surface area contributed by atoms with Crippen molar-refractivity contribution in [1.82, 2.24) is 0 Å². The number of aryl methyl sites for hydroxylation is 1. The molecule has 3 amide bonds. The van der Waals surface area contributed by atoms with E-state index in [9.17, 15) is 14.4 Å².